The van der Waals surface area contributed by atoms with Crippen LogP contribution in [0.5, 0.6) is 0 Å². The van der Waals surface area contributed by atoms with Crippen LogP contribution in [0.3, 0.4) is 0 Å². The lowest BCUT2D eigenvalue weighted by Crippen LogP contribution is -2.12. The van der Waals surface area contributed by atoms with Crippen LogP contribution in [0.15, 0.2) is 11.1 Å². The molecule has 1 heterocycles. The van der Waals surface area contributed by atoms with E-state index in [-0.39, 0.29) is 16.5 Å². The second-order valence-electron chi connectivity index (χ2n) is 3.77. The molecule has 0 unspecified atom stereocenters. The van der Waals surface area contributed by atoms with Gasteiger partial charge in [-0.05, 0) is 12.8 Å². The predicted molar refractivity (Wildman–Crippen MR) is 60.8 cm³/mol. The van der Waals surface area contributed by atoms with Crippen LogP contribution < -0.4 is 11.1 Å². The van der Waals surface area contributed by atoms with Gasteiger partial charge >= 0.3 is 0 Å². The Hall–Kier alpha value is -1.37. The first-order valence-corrected chi connectivity index (χ1v) is 6.80. The number of hydrogen-bond acceptors (Lipinski definition) is 6. The first-order valence-electron chi connectivity index (χ1n) is 5.14. The summed E-state index contributed by atoms with van der Waals surface area (Å²) >= 11 is 0. The van der Waals surface area contributed by atoms with E-state index in [0.717, 1.165) is 12.8 Å². The highest BCUT2D eigenvalue weighted by molar-refractivity contribution is 7.91. The molecule has 1 aliphatic rings. The highest BCUT2D eigenvalue weighted by Crippen LogP contribution is 2.24. The van der Waals surface area contributed by atoms with Gasteiger partial charge in [-0.15, -0.1) is 0 Å². The Morgan fingerprint density at radius 1 is 1.56 bits per heavy atom. The minimum Gasteiger partial charge on any atom is -0.382 e. The summed E-state index contributed by atoms with van der Waals surface area (Å²) in [5, 5.41) is 3.06. The number of aromatic nitrogens is 2. The fourth-order valence-electron chi connectivity index (χ4n) is 1.26. The molecule has 0 radical (unpaired) electrons. The Kier molecular flexibility index (Phi) is 2.71. The number of nitrogens with one attached hydrogen (secondary N) is 1. The van der Waals surface area contributed by atoms with Crippen LogP contribution in [-0.2, 0) is 9.84 Å². The van der Waals surface area contributed by atoms with E-state index < -0.39 is 9.84 Å². The van der Waals surface area contributed by atoms with Crippen LogP contribution in [0.1, 0.15) is 19.8 Å². The molecule has 0 bridgehead atoms. The number of nitrogen functional groups attached to an aromatic ring is 1. The fourth-order valence-corrected chi connectivity index (χ4v) is 2.15. The average molecular weight is 242 g/mol. The summed E-state index contributed by atoms with van der Waals surface area (Å²) in [6.45, 7) is 1.56. The highest BCUT2D eigenvalue weighted by atomic mass is 32.2. The molecule has 0 saturated heterocycles. The molecule has 0 aromatic carbocycles. The standard InChI is InChI=1S/C9H14N4O2S/c1-2-16(14,15)7-5-11-9(13-8(7)10)12-6-3-4-6/h5-6H,2-4H2,1H3,(H3,10,11,12,13). The molecule has 1 aromatic rings. The van der Waals surface area contributed by atoms with Crippen LogP contribution >= 0.6 is 0 Å². The van der Waals surface area contributed by atoms with Gasteiger partial charge in [0.05, 0.1) is 11.9 Å². The molecule has 16 heavy (non-hydrogen) atoms. The van der Waals surface area contributed by atoms with Crippen molar-refractivity contribution in [3.63, 3.8) is 0 Å². The number of rotatable bonds is 4. The van der Waals surface area contributed by atoms with Crippen LogP contribution in [0.2, 0.25) is 0 Å². The minimum atomic E-state index is -3.34. The van der Waals surface area contributed by atoms with Gasteiger partial charge in [0.25, 0.3) is 0 Å². The number of nitrogens with zero attached hydrogens (tertiary/aromatic N) is 2. The Morgan fingerprint density at radius 2 is 2.25 bits per heavy atom. The van der Waals surface area contributed by atoms with Gasteiger partial charge in [-0.25, -0.2) is 13.4 Å². The zero-order chi connectivity index (χ0) is 11.8. The number of hydrogen-bond donors (Lipinski definition) is 2. The zero-order valence-electron chi connectivity index (χ0n) is 8.97. The van der Waals surface area contributed by atoms with Gasteiger partial charge in [0.15, 0.2) is 9.84 Å². The van der Waals surface area contributed by atoms with Crippen LogP contribution in [0.25, 0.3) is 0 Å². The van der Waals surface area contributed by atoms with E-state index in [1.807, 2.05) is 0 Å². The summed E-state index contributed by atoms with van der Waals surface area (Å²) in [6, 6.07) is 0.410. The van der Waals surface area contributed by atoms with Crippen molar-refractivity contribution < 1.29 is 8.42 Å². The Morgan fingerprint density at radius 3 is 2.75 bits per heavy atom. The Bertz CT molecular complexity index is 496. The van der Waals surface area contributed by atoms with E-state index in [4.69, 9.17) is 5.73 Å². The lowest BCUT2D eigenvalue weighted by atomic mass is 10.6. The first kappa shape index (κ1) is 11.1. The molecular formula is C9H14N4O2S. The zero-order valence-corrected chi connectivity index (χ0v) is 9.79. The van der Waals surface area contributed by atoms with Gasteiger partial charge in [-0.3, -0.25) is 0 Å². The van der Waals surface area contributed by atoms with E-state index >= 15 is 0 Å². The molecule has 1 aromatic heterocycles. The molecule has 7 heteroatoms. The minimum absolute atomic E-state index is 0.00401. The summed E-state index contributed by atoms with van der Waals surface area (Å²) in [5.41, 5.74) is 5.61. The first-order chi connectivity index (χ1) is 7.53. The van der Waals surface area contributed by atoms with Crippen molar-refractivity contribution in [1.29, 1.82) is 0 Å². The molecule has 0 aliphatic heterocycles. The quantitative estimate of drug-likeness (QED) is 0.794. The van der Waals surface area contributed by atoms with Crippen molar-refractivity contribution in [2.24, 2.45) is 0 Å². The van der Waals surface area contributed by atoms with Crippen LogP contribution in [0, 0.1) is 0 Å². The molecule has 0 atom stereocenters. The maximum atomic E-state index is 11.6. The molecule has 0 amide bonds. The molecule has 3 N–H and O–H groups in total. The van der Waals surface area contributed by atoms with Crippen molar-refractivity contribution >= 4 is 21.6 Å². The van der Waals surface area contributed by atoms with Gasteiger partial charge in [0, 0.05) is 6.04 Å². The highest BCUT2D eigenvalue weighted by Gasteiger charge is 2.23. The molecule has 0 spiro atoms. The fraction of sp³-hybridized carbons (Fsp3) is 0.556. The van der Waals surface area contributed by atoms with Crippen LogP contribution in [0.4, 0.5) is 11.8 Å². The van der Waals surface area contributed by atoms with Crippen molar-refractivity contribution in [1.82, 2.24) is 9.97 Å². The third kappa shape index (κ3) is 2.24. The van der Waals surface area contributed by atoms with Gasteiger partial charge < -0.3 is 11.1 Å². The van der Waals surface area contributed by atoms with Crippen molar-refractivity contribution in [2.45, 2.75) is 30.7 Å². The second kappa shape index (κ2) is 3.89. The predicted octanol–water partition coefficient (Wildman–Crippen LogP) is 0.427. The van der Waals surface area contributed by atoms with Crippen molar-refractivity contribution in [3.8, 4) is 0 Å². The Balaban J connectivity index is 2.28. The maximum absolute atomic E-state index is 11.6. The number of anilines is 2. The van der Waals surface area contributed by atoms with Gasteiger partial charge in [-0.1, -0.05) is 6.92 Å². The molecule has 2 rings (SSSR count). The van der Waals surface area contributed by atoms with E-state index in [2.05, 4.69) is 15.3 Å². The lowest BCUT2D eigenvalue weighted by molar-refractivity contribution is 0.597. The monoisotopic (exact) mass is 242 g/mol. The third-order valence-corrected chi connectivity index (χ3v) is 4.15. The summed E-state index contributed by atoms with van der Waals surface area (Å²) in [6.07, 6.45) is 3.46. The molecular weight excluding hydrogens is 228 g/mol. The molecule has 1 fully saturated rings. The normalized spacial score (nSPS) is 16.1. The summed E-state index contributed by atoms with van der Waals surface area (Å²) in [4.78, 5) is 7.91. The molecule has 88 valence electrons. The number of nitrogens with two attached hydrogens (primary N) is 1. The van der Waals surface area contributed by atoms with Gasteiger partial charge in [-0.2, -0.15) is 4.98 Å². The van der Waals surface area contributed by atoms with E-state index in [1.165, 1.54) is 6.20 Å². The van der Waals surface area contributed by atoms with E-state index in [9.17, 15) is 8.42 Å². The summed E-state index contributed by atoms with van der Waals surface area (Å²) < 4.78 is 23.2. The SMILES string of the molecule is CCS(=O)(=O)c1cnc(NC2CC2)nc1N. The van der Waals surface area contributed by atoms with E-state index in [1.54, 1.807) is 6.92 Å². The third-order valence-electron chi connectivity index (χ3n) is 2.41. The van der Waals surface area contributed by atoms with Crippen molar-refractivity contribution in [2.75, 3.05) is 16.8 Å². The molecule has 1 aliphatic carbocycles. The maximum Gasteiger partial charge on any atom is 0.224 e. The molecule has 1 saturated carbocycles. The van der Waals surface area contributed by atoms with Gasteiger partial charge in [0.1, 0.15) is 10.7 Å². The average Bonchev–Trinajstić information content (AvgIpc) is 3.01. The second-order valence-corrected chi connectivity index (χ2v) is 6.01. The molecule has 6 nitrogen and oxygen atoms in total. The smallest absolute Gasteiger partial charge is 0.224 e. The Labute approximate surface area is 94.2 Å². The van der Waals surface area contributed by atoms with Crippen molar-refractivity contribution in [3.05, 3.63) is 6.20 Å². The summed E-state index contributed by atoms with van der Waals surface area (Å²) in [7, 11) is -3.34. The van der Waals surface area contributed by atoms with Gasteiger partial charge in [0.2, 0.25) is 5.95 Å². The van der Waals surface area contributed by atoms with E-state index in [0.29, 0.717) is 12.0 Å². The summed E-state index contributed by atoms with van der Waals surface area (Å²) in [5.74, 6) is 0.408. The lowest BCUT2D eigenvalue weighted by Gasteiger charge is -2.07. The largest absolute Gasteiger partial charge is 0.382 e. The topological polar surface area (TPSA) is 98.0 Å². The van der Waals surface area contributed by atoms with Crippen LogP contribution in [-0.4, -0.2) is 30.2 Å². The number of sulfone groups is 1.